The van der Waals surface area contributed by atoms with Crippen LogP contribution in [0.25, 0.3) is 0 Å². The van der Waals surface area contributed by atoms with Gasteiger partial charge in [0.05, 0.1) is 0 Å². The van der Waals surface area contributed by atoms with Crippen LogP contribution in [-0.4, -0.2) is 37.1 Å². The van der Waals surface area contributed by atoms with Crippen LogP contribution in [0.4, 0.5) is 5.69 Å². The predicted molar refractivity (Wildman–Crippen MR) is 85.5 cm³/mol. The van der Waals surface area contributed by atoms with E-state index in [2.05, 4.69) is 44.9 Å². The number of alkyl halides is 1. The number of anilines is 1. The van der Waals surface area contributed by atoms with E-state index in [1.165, 1.54) is 30.5 Å². The second kappa shape index (κ2) is 5.63. The van der Waals surface area contributed by atoms with Gasteiger partial charge in [0.15, 0.2) is 0 Å². The SMILES string of the molecule is CN1C2CCC1CN(c1ccc(Cl)cc1CBr)CC2. The largest absolute Gasteiger partial charge is 0.370 e. The zero-order valence-corrected chi connectivity index (χ0v) is 13.6. The molecule has 2 fully saturated rings. The summed E-state index contributed by atoms with van der Waals surface area (Å²) < 4.78 is 0. The molecule has 1 aromatic rings. The first-order valence-electron chi connectivity index (χ1n) is 7.00. The number of benzene rings is 1. The van der Waals surface area contributed by atoms with Crippen molar-refractivity contribution in [1.82, 2.24) is 4.90 Å². The van der Waals surface area contributed by atoms with E-state index in [0.717, 1.165) is 29.5 Å². The molecule has 2 nitrogen and oxygen atoms in total. The molecule has 2 unspecified atom stereocenters. The van der Waals surface area contributed by atoms with Gasteiger partial charge in [0, 0.05) is 41.2 Å². The minimum atomic E-state index is 0.714. The van der Waals surface area contributed by atoms with Crippen molar-refractivity contribution < 1.29 is 0 Å². The maximum atomic E-state index is 6.11. The molecule has 2 atom stereocenters. The number of halogens is 2. The Bertz CT molecular complexity index is 465. The lowest BCUT2D eigenvalue weighted by Crippen LogP contribution is -2.36. The third-order valence-corrected chi connectivity index (χ3v) is 5.51. The monoisotopic (exact) mass is 342 g/mol. The molecule has 2 bridgehead atoms. The highest BCUT2D eigenvalue weighted by atomic mass is 79.9. The average molecular weight is 344 g/mol. The third-order valence-electron chi connectivity index (χ3n) is 4.67. The third kappa shape index (κ3) is 2.65. The number of likely N-dealkylation sites (N-methyl/N-ethyl adjacent to an activating group) is 1. The van der Waals surface area contributed by atoms with Crippen LogP contribution in [0.5, 0.6) is 0 Å². The molecular weight excluding hydrogens is 324 g/mol. The summed E-state index contributed by atoms with van der Waals surface area (Å²) >= 11 is 9.69. The Balaban J connectivity index is 1.86. The molecule has 0 aromatic heterocycles. The average Bonchev–Trinajstić information content (AvgIpc) is 2.64. The summed E-state index contributed by atoms with van der Waals surface area (Å²) in [5.74, 6) is 0. The van der Waals surface area contributed by atoms with Crippen LogP contribution in [0.15, 0.2) is 18.2 Å². The number of rotatable bonds is 2. The molecular formula is C15H20BrClN2. The quantitative estimate of drug-likeness (QED) is 0.751. The Morgan fingerprint density at radius 2 is 2.05 bits per heavy atom. The second-order valence-electron chi connectivity index (χ2n) is 5.69. The van der Waals surface area contributed by atoms with E-state index >= 15 is 0 Å². The van der Waals surface area contributed by atoms with Crippen LogP contribution >= 0.6 is 27.5 Å². The molecule has 19 heavy (non-hydrogen) atoms. The first kappa shape index (κ1) is 13.7. The zero-order chi connectivity index (χ0) is 13.4. The van der Waals surface area contributed by atoms with Crippen LogP contribution in [0.3, 0.4) is 0 Å². The van der Waals surface area contributed by atoms with Gasteiger partial charge in [0.1, 0.15) is 0 Å². The van der Waals surface area contributed by atoms with E-state index in [1.54, 1.807) is 0 Å². The minimum absolute atomic E-state index is 0.714. The summed E-state index contributed by atoms with van der Waals surface area (Å²) in [6, 6.07) is 7.77. The Morgan fingerprint density at radius 1 is 1.26 bits per heavy atom. The first-order chi connectivity index (χ1) is 9.19. The second-order valence-corrected chi connectivity index (χ2v) is 6.69. The van der Waals surface area contributed by atoms with Gasteiger partial charge in [-0.2, -0.15) is 0 Å². The molecule has 104 valence electrons. The summed E-state index contributed by atoms with van der Waals surface area (Å²) in [5, 5.41) is 1.69. The van der Waals surface area contributed by atoms with Gasteiger partial charge in [0.2, 0.25) is 0 Å². The van der Waals surface area contributed by atoms with Crippen molar-refractivity contribution in [1.29, 1.82) is 0 Å². The van der Waals surface area contributed by atoms with Gasteiger partial charge in [-0.25, -0.2) is 0 Å². The topological polar surface area (TPSA) is 6.48 Å². The molecule has 4 heteroatoms. The number of fused-ring (bicyclic) bond motifs is 2. The van der Waals surface area contributed by atoms with Gasteiger partial charge in [-0.1, -0.05) is 27.5 Å². The van der Waals surface area contributed by atoms with E-state index in [0.29, 0.717) is 6.04 Å². The minimum Gasteiger partial charge on any atom is -0.370 e. The van der Waals surface area contributed by atoms with Crippen LogP contribution < -0.4 is 4.90 Å². The van der Waals surface area contributed by atoms with E-state index < -0.39 is 0 Å². The van der Waals surface area contributed by atoms with Gasteiger partial charge >= 0.3 is 0 Å². The van der Waals surface area contributed by atoms with Crippen molar-refractivity contribution in [3.05, 3.63) is 28.8 Å². The molecule has 1 aromatic carbocycles. The van der Waals surface area contributed by atoms with Crippen LogP contribution in [0, 0.1) is 0 Å². The summed E-state index contributed by atoms with van der Waals surface area (Å²) in [6.45, 7) is 2.31. The van der Waals surface area contributed by atoms with Gasteiger partial charge in [-0.15, -0.1) is 0 Å². The van der Waals surface area contributed by atoms with Crippen LogP contribution in [-0.2, 0) is 5.33 Å². The zero-order valence-electron chi connectivity index (χ0n) is 11.3. The van der Waals surface area contributed by atoms with Crippen LogP contribution in [0.2, 0.25) is 5.02 Å². The van der Waals surface area contributed by atoms with Gasteiger partial charge in [0.25, 0.3) is 0 Å². The van der Waals surface area contributed by atoms with Crippen molar-refractivity contribution in [3.63, 3.8) is 0 Å². The van der Waals surface area contributed by atoms with Crippen molar-refractivity contribution in [2.75, 3.05) is 25.0 Å². The van der Waals surface area contributed by atoms with E-state index in [9.17, 15) is 0 Å². The molecule has 0 radical (unpaired) electrons. The molecule has 0 N–H and O–H groups in total. The summed E-state index contributed by atoms with van der Waals surface area (Å²) in [6.07, 6.45) is 3.99. The standard InChI is InChI=1S/C15H20BrClN2/c1-18-13-3-4-14(18)10-19(7-6-13)15-5-2-12(17)8-11(15)9-16/h2,5,8,13-14H,3-4,6-7,9-10H2,1H3. The summed E-state index contributed by atoms with van der Waals surface area (Å²) in [4.78, 5) is 5.14. The Kier molecular flexibility index (Phi) is 4.06. The van der Waals surface area contributed by atoms with Crippen molar-refractivity contribution >= 4 is 33.2 Å². The van der Waals surface area contributed by atoms with E-state index in [1.807, 2.05) is 6.07 Å². The number of nitrogens with zero attached hydrogens (tertiary/aromatic N) is 2. The molecule has 0 aliphatic carbocycles. The van der Waals surface area contributed by atoms with E-state index in [-0.39, 0.29) is 0 Å². The lowest BCUT2D eigenvalue weighted by Gasteiger charge is -2.29. The first-order valence-corrected chi connectivity index (χ1v) is 8.50. The van der Waals surface area contributed by atoms with Crippen molar-refractivity contribution in [3.8, 4) is 0 Å². The lowest BCUT2D eigenvalue weighted by atomic mass is 10.1. The molecule has 0 spiro atoms. The molecule has 0 amide bonds. The molecule has 2 aliphatic heterocycles. The van der Waals surface area contributed by atoms with Gasteiger partial charge in [-0.3, -0.25) is 4.90 Å². The highest BCUT2D eigenvalue weighted by molar-refractivity contribution is 9.08. The normalized spacial score (nSPS) is 27.6. The smallest absolute Gasteiger partial charge is 0.0410 e. The number of hydrogen-bond donors (Lipinski definition) is 0. The maximum absolute atomic E-state index is 6.11. The Hall–Kier alpha value is -0.250. The Labute approximate surface area is 128 Å². The molecule has 3 rings (SSSR count). The molecule has 2 saturated heterocycles. The molecule has 0 saturated carbocycles. The predicted octanol–water partition coefficient (Wildman–Crippen LogP) is 3.91. The van der Waals surface area contributed by atoms with Crippen LogP contribution in [0.1, 0.15) is 24.8 Å². The Morgan fingerprint density at radius 3 is 2.84 bits per heavy atom. The lowest BCUT2D eigenvalue weighted by molar-refractivity contribution is 0.254. The fourth-order valence-electron chi connectivity index (χ4n) is 3.50. The molecule has 2 aliphatic rings. The number of hydrogen-bond acceptors (Lipinski definition) is 2. The maximum Gasteiger partial charge on any atom is 0.0410 e. The fourth-order valence-corrected chi connectivity index (χ4v) is 4.14. The summed E-state index contributed by atoms with van der Waals surface area (Å²) in [7, 11) is 2.29. The summed E-state index contributed by atoms with van der Waals surface area (Å²) in [5.41, 5.74) is 2.65. The molecule has 2 heterocycles. The van der Waals surface area contributed by atoms with E-state index in [4.69, 9.17) is 11.6 Å². The highest BCUT2D eigenvalue weighted by Crippen LogP contribution is 2.33. The van der Waals surface area contributed by atoms with Gasteiger partial charge in [-0.05, 0) is 50.1 Å². The fraction of sp³-hybridized carbons (Fsp3) is 0.600. The van der Waals surface area contributed by atoms with Gasteiger partial charge < -0.3 is 4.90 Å². The van der Waals surface area contributed by atoms with Crippen molar-refractivity contribution in [2.45, 2.75) is 36.7 Å². The van der Waals surface area contributed by atoms with Crippen molar-refractivity contribution in [2.24, 2.45) is 0 Å². The highest BCUT2D eigenvalue weighted by Gasteiger charge is 2.34.